The van der Waals surface area contributed by atoms with Crippen molar-refractivity contribution >= 4 is 41.7 Å². The topological polar surface area (TPSA) is 34.1 Å². The maximum atomic E-state index is 11.1. The third-order valence-corrected chi connectivity index (χ3v) is 5.91. The molecular formula is C9H18Br2O2S. The van der Waals surface area contributed by atoms with E-state index in [1.165, 1.54) is 6.26 Å². The maximum Gasteiger partial charge on any atom is 0.147 e. The quantitative estimate of drug-likeness (QED) is 0.691. The molecule has 0 aliphatic carbocycles. The Morgan fingerprint density at radius 2 is 1.64 bits per heavy atom. The molecule has 0 fully saturated rings. The second-order valence-corrected chi connectivity index (χ2v) is 7.55. The lowest BCUT2D eigenvalue weighted by Crippen LogP contribution is -2.33. The van der Waals surface area contributed by atoms with E-state index in [1.54, 1.807) is 0 Å². The lowest BCUT2D eigenvalue weighted by Gasteiger charge is -2.34. The van der Waals surface area contributed by atoms with E-state index in [0.717, 1.165) is 10.7 Å². The lowest BCUT2D eigenvalue weighted by atomic mass is 9.79. The summed E-state index contributed by atoms with van der Waals surface area (Å²) in [5.41, 5.74) is 0.0447. The van der Waals surface area contributed by atoms with E-state index in [2.05, 4.69) is 45.7 Å². The van der Waals surface area contributed by atoms with Crippen molar-refractivity contribution in [2.45, 2.75) is 20.3 Å². The SMILES string of the molecule is CC(C)C(CBr)(CBr)CCS(C)(=O)=O. The second-order valence-electron chi connectivity index (χ2n) is 4.16. The Balaban J connectivity index is 4.53. The smallest absolute Gasteiger partial charge is 0.147 e. The summed E-state index contributed by atoms with van der Waals surface area (Å²) >= 11 is 6.95. The summed E-state index contributed by atoms with van der Waals surface area (Å²) < 4.78 is 22.2. The monoisotopic (exact) mass is 348 g/mol. The van der Waals surface area contributed by atoms with Crippen LogP contribution in [0.15, 0.2) is 0 Å². The van der Waals surface area contributed by atoms with Crippen LogP contribution in [0, 0.1) is 11.3 Å². The molecule has 2 nitrogen and oxygen atoms in total. The first-order chi connectivity index (χ1) is 6.27. The zero-order valence-electron chi connectivity index (χ0n) is 8.89. The minimum atomic E-state index is -2.85. The van der Waals surface area contributed by atoms with Crippen LogP contribution in [-0.2, 0) is 9.84 Å². The first-order valence-corrected chi connectivity index (χ1v) is 8.87. The van der Waals surface area contributed by atoms with Gasteiger partial charge in [0.2, 0.25) is 0 Å². The van der Waals surface area contributed by atoms with E-state index in [1.807, 2.05) is 0 Å². The second kappa shape index (κ2) is 5.85. The predicted octanol–water partition coefficient (Wildman–Crippen LogP) is 2.85. The summed E-state index contributed by atoms with van der Waals surface area (Å²) in [6.07, 6.45) is 2.00. The number of alkyl halides is 2. The molecule has 0 atom stereocenters. The number of hydrogen-bond acceptors (Lipinski definition) is 2. The fraction of sp³-hybridized carbons (Fsp3) is 1.00. The van der Waals surface area contributed by atoms with Crippen molar-refractivity contribution in [3.05, 3.63) is 0 Å². The Hall–Kier alpha value is 0.910. The van der Waals surface area contributed by atoms with Crippen LogP contribution in [0.25, 0.3) is 0 Å². The van der Waals surface area contributed by atoms with Gasteiger partial charge in [-0.2, -0.15) is 0 Å². The molecule has 0 heterocycles. The van der Waals surface area contributed by atoms with Crippen molar-refractivity contribution in [1.82, 2.24) is 0 Å². The van der Waals surface area contributed by atoms with Crippen molar-refractivity contribution < 1.29 is 8.42 Å². The van der Waals surface area contributed by atoms with Crippen LogP contribution in [0.3, 0.4) is 0 Å². The van der Waals surface area contributed by atoms with Crippen LogP contribution in [0.1, 0.15) is 20.3 Å². The van der Waals surface area contributed by atoms with Crippen molar-refractivity contribution in [3.8, 4) is 0 Å². The molecule has 0 aliphatic heterocycles. The van der Waals surface area contributed by atoms with Gasteiger partial charge in [0.25, 0.3) is 0 Å². The van der Waals surface area contributed by atoms with Gasteiger partial charge in [-0.15, -0.1) is 0 Å². The van der Waals surface area contributed by atoms with Gasteiger partial charge in [-0.05, 0) is 17.8 Å². The average Bonchev–Trinajstić information content (AvgIpc) is 2.04. The number of hydrogen-bond donors (Lipinski definition) is 0. The van der Waals surface area contributed by atoms with Crippen LogP contribution in [0.4, 0.5) is 0 Å². The summed E-state index contributed by atoms with van der Waals surface area (Å²) in [7, 11) is -2.85. The molecule has 0 bridgehead atoms. The zero-order valence-corrected chi connectivity index (χ0v) is 12.9. The van der Waals surface area contributed by atoms with E-state index in [4.69, 9.17) is 0 Å². The molecule has 5 heteroatoms. The van der Waals surface area contributed by atoms with Gasteiger partial charge in [-0.25, -0.2) is 8.42 Å². The molecule has 0 rings (SSSR count). The van der Waals surface area contributed by atoms with Crippen molar-refractivity contribution in [3.63, 3.8) is 0 Å². The first-order valence-electron chi connectivity index (χ1n) is 4.57. The van der Waals surface area contributed by atoms with Crippen LogP contribution < -0.4 is 0 Å². The van der Waals surface area contributed by atoms with Gasteiger partial charge < -0.3 is 0 Å². The van der Waals surface area contributed by atoms with E-state index in [-0.39, 0.29) is 11.2 Å². The highest BCUT2D eigenvalue weighted by atomic mass is 79.9. The minimum absolute atomic E-state index is 0.0447. The predicted molar refractivity (Wildman–Crippen MR) is 69.2 cm³/mol. The average molecular weight is 350 g/mol. The third-order valence-electron chi connectivity index (χ3n) is 2.73. The first kappa shape index (κ1) is 14.9. The van der Waals surface area contributed by atoms with Gasteiger partial charge >= 0.3 is 0 Å². The van der Waals surface area contributed by atoms with Gasteiger partial charge in [0, 0.05) is 16.9 Å². The highest BCUT2D eigenvalue weighted by molar-refractivity contribution is 9.09. The van der Waals surface area contributed by atoms with E-state index in [9.17, 15) is 8.42 Å². The van der Waals surface area contributed by atoms with Crippen LogP contribution >= 0.6 is 31.9 Å². The van der Waals surface area contributed by atoms with Gasteiger partial charge in [0.1, 0.15) is 9.84 Å². The fourth-order valence-electron chi connectivity index (χ4n) is 1.16. The van der Waals surface area contributed by atoms with Crippen molar-refractivity contribution in [1.29, 1.82) is 0 Å². The van der Waals surface area contributed by atoms with Gasteiger partial charge in [0.05, 0.1) is 5.75 Å². The summed E-state index contributed by atoms with van der Waals surface area (Å²) in [6.45, 7) is 4.26. The molecule has 0 aromatic heterocycles. The minimum Gasteiger partial charge on any atom is -0.229 e. The van der Waals surface area contributed by atoms with E-state index >= 15 is 0 Å². The zero-order chi connectivity index (χ0) is 11.4. The summed E-state index contributed by atoms with van der Waals surface area (Å²) in [5, 5.41) is 1.66. The normalized spacial score (nSPS) is 13.6. The molecule has 0 radical (unpaired) electrons. The molecule has 0 N–H and O–H groups in total. The lowest BCUT2D eigenvalue weighted by molar-refractivity contribution is 0.260. The number of rotatable bonds is 6. The largest absolute Gasteiger partial charge is 0.229 e. The Morgan fingerprint density at radius 3 is 1.86 bits per heavy atom. The number of sulfone groups is 1. The Labute approximate surface area is 104 Å². The Kier molecular flexibility index (Phi) is 6.23. The van der Waals surface area contributed by atoms with E-state index < -0.39 is 9.84 Å². The van der Waals surface area contributed by atoms with Crippen LogP contribution in [-0.4, -0.2) is 31.1 Å². The molecule has 0 saturated carbocycles. The van der Waals surface area contributed by atoms with Gasteiger partial charge in [-0.3, -0.25) is 0 Å². The molecule has 0 spiro atoms. The summed E-state index contributed by atoms with van der Waals surface area (Å²) in [4.78, 5) is 0. The molecule has 0 aliphatic rings. The standard InChI is InChI=1S/C9H18Br2O2S/c1-8(2)9(6-10,7-11)4-5-14(3,12)13/h8H,4-7H2,1-3H3. The fourth-order valence-corrected chi connectivity index (χ4v) is 4.72. The third kappa shape index (κ3) is 4.62. The molecule has 0 aromatic rings. The molecular weight excluding hydrogens is 332 g/mol. The van der Waals surface area contributed by atoms with Gasteiger partial charge in [0.15, 0.2) is 0 Å². The highest BCUT2D eigenvalue weighted by Crippen LogP contribution is 2.35. The Morgan fingerprint density at radius 1 is 1.21 bits per heavy atom. The van der Waals surface area contributed by atoms with Gasteiger partial charge in [-0.1, -0.05) is 45.7 Å². The highest BCUT2D eigenvalue weighted by Gasteiger charge is 2.32. The molecule has 0 saturated heterocycles. The van der Waals surface area contributed by atoms with Crippen LogP contribution in [0.2, 0.25) is 0 Å². The van der Waals surface area contributed by atoms with Crippen LogP contribution in [0.5, 0.6) is 0 Å². The maximum absolute atomic E-state index is 11.1. The summed E-state index contributed by atoms with van der Waals surface area (Å²) in [5.74, 6) is 0.727. The molecule has 0 unspecified atom stereocenters. The molecule has 14 heavy (non-hydrogen) atoms. The summed E-state index contributed by atoms with van der Waals surface area (Å²) in [6, 6.07) is 0. The molecule has 86 valence electrons. The number of halogens is 2. The Bertz CT molecular complexity index is 256. The molecule has 0 amide bonds. The van der Waals surface area contributed by atoms with Crippen molar-refractivity contribution in [2.24, 2.45) is 11.3 Å². The van der Waals surface area contributed by atoms with Crippen molar-refractivity contribution in [2.75, 3.05) is 22.7 Å². The van der Waals surface area contributed by atoms with E-state index in [0.29, 0.717) is 12.3 Å². The molecule has 0 aromatic carbocycles.